The van der Waals surface area contributed by atoms with Gasteiger partial charge in [0, 0.05) is 17.4 Å². The molecule has 1 fully saturated rings. The minimum absolute atomic E-state index is 0.0621. The quantitative estimate of drug-likeness (QED) is 0.824. The average Bonchev–Trinajstić information content (AvgIpc) is 3.05. The molecule has 0 aromatic carbocycles. The number of amides is 1. The van der Waals surface area contributed by atoms with Gasteiger partial charge < -0.3 is 19.2 Å². The molecule has 1 amide bonds. The van der Waals surface area contributed by atoms with Gasteiger partial charge in [-0.1, -0.05) is 25.5 Å². The van der Waals surface area contributed by atoms with Crippen molar-refractivity contribution in [1.29, 1.82) is 0 Å². The lowest BCUT2D eigenvalue weighted by molar-refractivity contribution is -0.170. The maximum absolute atomic E-state index is 12.0. The van der Waals surface area contributed by atoms with Gasteiger partial charge >= 0.3 is 6.09 Å². The fourth-order valence-electron chi connectivity index (χ4n) is 4.44. The zero-order valence-electron chi connectivity index (χ0n) is 15.7. The van der Waals surface area contributed by atoms with E-state index in [4.69, 9.17) is 13.9 Å². The first-order chi connectivity index (χ1) is 11.8. The minimum Gasteiger partial charge on any atom is -0.467 e. The Bertz CT molecular complexity index is 636. The van der Waals surface area contributed by atoms with Gasteiger partial charge in [-0.15, -0.1) is 0 Å². The molecule has 0 saturated carbocycles. The molecule has 5 heteroatoms. The van der Waals surface area contributed by atoms with Gasteiger partial charge in [0.15, 0.2) is 0 Å². The molecule has 0 unspecified atom stereocenters. The summed E-state index contributed by atoms with van der Waals surface area (Å²) in [6, 6.07) is 3.93. The Morgan fingerprint density at radius 3 is 2.84 bits per heavy atom. The average molecular weight is 347 g/mol. The molecule has 1 aromatic rings. The van der Waals surface area contributed by atoms with E-state index in [-0.39, 0.29) is 35.5 Å². The molecule has 2 heterocycles. The molecule has 0 radical (unpaired) electrons. The predicted octanol–water partition coefficient (Wildman–Crippen LogP) is 4.32. The zero-order chi connectivity index (χ0) is 18.2. The lowest BCUT2D eigenvalue weighted by Crippen LogP contribution is -2.54. The molecule has 3 rings (SSSR count). The van der Waals surface area contributed by atoms with Gasteiger partial charge in [0.2, 0.25) is 0 Å². The second-order valence-corrected chi connectivity index (χ2v) is 7.87. The summed E-state index contributed by atoms with van der Waals surface area (Å²) in [6.45, 7) is 11.4. The lowest BCUT2D eigenvalue weighted by Gasteiger charge is -2.54. The molecule has 2 bridgehead atoms. The van der Waals surface area contributed by atoms with Crippen molar-refractivity contribution in [3.63, 3.8) is 0 Å². The highest BCUT2D eigenvalue weighted by Crippen LogP contribution is 2.56. The number of alkyl carbamates (subject to hydrolysis) is 1. The molecular weight excluding hydrogens is 318 g/mol. The van der Waals surface area contributed by atoms with Gasteiger partial charge in [-0.05, 0) is 44.7 Å². The molecule has 1 aromatic heterocycles. The maximum atomic E-state index is 12.0. The van der Waals surface area contributed by atoms with Crippen LogP contribution in [0.1, 0.15) is 46.5 Å². The highest BCUT2D eigenvalue weighted by Gasteiger charge is 2.55. The van der Waals surface area contributed by atoms with Crippen LogP contribution < -0.4 is 5.32 Å². The zero-order valence-corrected chi connectivity index (χ0v) is 15.7. The Kier molecular flexibility index (Phi) is 4.96. The Balaban J connectivity index is 1.82. The molecule has 1 N–H and O–H groups in total. The van der Waals surface area contributed by atoms with Crippen LogP contribution in [0.2, 0.25) is 0 Å². The van der Waals surface area contributed by atoms with Crippen LogP contribution in [0.15, 0.2) is 34.5 Å². The Morgan fingerprint density at radius 2 is 2.20 bits per heavy atom. The molecule has 1 aliphatic carbocycles. The van der Waals surface area contributed by atoms with Gasteiger partial charge in [0.1, 0.15) is 18.5 Å². The van der Waals surface area contributed by atoms with E-state index in [1.54, 1.807) is 6.26 Å². The van der Waals surface area contributed by atoms with Gasteiger partial charge in [-0.3, -0.25) is 0 Å². The predicted molar refractivity (Wildman–Crippen MR) is 95.0 cm³/mol. The van der Waals surface area contributed by atoms with Crippen molar-refractivity contribution in [2.24, 2.45) is 23.2 Å². The van der Waals surface area contributed by atoms with Crippen molar-refractivity contribution in [2.75, 3.05) is 13.2 Å². The van der Waals surface area contributed by atoms with Crippen LogP contribution in [0.3, 0.4) is 0 Å². The van der Waals surface area contributed by atoms with E-state index in [0.717, 1.165) is 5.76 Å². The fraction of sp³-hybridized carbons (Fsp3) is 0.650. The molecule has 138 valence electrons. The summed E-state index contributed by atoms with van der Waals surface area (Å²) >= 11 is 0. The largest absolute Gasteiger partial charge is 0.467 e. The van der Waals surface area contributed by atoms with Crippen molar-refractivity contribution in [3.8, 4) is 0 Å². The van der Waals surface area contributed by atoms with Crippen LogP contribution in [-0.4, -0.2) is 25.3 Å². The van der Waals surface area contributed by atoms with E-state index in [9.17, 15) is 4.79 Å². The Labute approximate surface area is 149 Å². The van der Waals surface area contributed by atoms with E-state index in [1.807, 2.05) is 26.0 Å². The molecule has 1 saturated heterocycles. The normalized spacial score (nSPS) is 34.6. The summed E-state index contributed by atoms with van der Waals surface area (Å²) in [4.78, 5) is 12.0. The Hall–Kier alpha value is -1.75. The van der Waals surface area contributed by atoms with Crippen molar-refractivity contribution >= 4 is 6.09 Å². The first-order valence-corrected chi connectivity index (χ1v) is 9.12. The molecule has 2 aliphatic rings. The number of ether oxygens (including phenoxy) is 2. The van der Waals surface area contributed by atoms with Gasteiger partial charge in [0.25, 0.3) is 0 Å². The number of fused-ring (bicyclic) bond motifs is 2. The number of furan rings is 1. The van der Waals surface area contributed by atoms with Crippen molar-refractivity contribution in [2.45, 2.75) is 46.8 Å². The van der Waals surface area contributed by atoms with Crippen LogP contribution in [-0.2, 0) is 9.47 Å². The third-order valence-electron chi connectivity index (χ3n) is 5.95. The summed E-state index contributed by atoms with van der Waals surface area (Å²) < 4.78 is 17.5. The lowest BCUT2D eigenvalue weighted by atomic mass is 9.56. The second kappa shape index (κ2) is 6.87. The minimum atomic E-state index is -0.361. The van der Waals surface area contributed by atoms with Gasteiger partial charge in [-0.25, -0.2) is 4.79 Å². The Morgan fingerprint density at radius 1 is 1.44 bits per heavy atom. The number of nitrogens with one attached hydrogen (secondary N) is 1. The molecular formula is C20H29NO4. The monoisotopic (exact) mass is 347 g/mol. The number of carbonyl (C=O) groups is 1. The van der Waals surface area contributed by atoms with Crippen LogP contribution in [0.5, 0.6) is 0 Å². The van der Waals surface area contributed by atoms with E-state index >= 15 is 0 Å². The summed E-state index contributed by atoms with van der Waals surface area (Å²) in [5, 5.41) is 2.79. The molecule has 5 atom stereocenters. The number of allylic oxidation sites excluding steroid dienone is 1. The number of hydrogen-bond donors (Lipinski definition) is 1. The first kappa shape index (κ1) is 18.1. The molecule has 25 heavy (non-hydrogen) atoms. The van der Waals surface area contributed by atoms with Gasteiger partial charge in [-0.2, -0.15) is 0 Å². The standard InChI is InChI=1S/C20H29NO4/c1-12(2)21-19(22)25-11-20-10-24-18(16-7-6-8-23-16)17(15(20)5)13(3)9-14(20)4/h6-9,12,14-15,17-18H,10-11H2,1-5H3,(H,21,22)/t14-,15-,17+,18+,20+/m1/s1. The molecule has 1 aliphatic heterocycles. The highest BCUT2D eigenvalue weighted by atomic mass is 16.6. The molecule has 0 spiro atoms. The number of hydrogen-bond acceptors (Lipinski definition) is 4. The van der Waals surface area contributed by atoms with Crippen molar-refractivity contribution in [3.05, 3.63) is 35.8 Å². The highest BCUT2D eigenvalue weighted by molar-refractivity contribution is 5.67. The fourth-order valence-corrected chi connectivity index (χ4v) is 4.44. The topological polar surface area (TPSA) is 60.7 Å². The first-order valence-electron chi connectivity index (χ1n) is 9.12. The maximum Gasteiger partial charge on any atom is 0.407 e. The van der Waals surface area contributed by atoms with Crippen molar-refractivity contribution < 1.29 is 18.7 Å². The summed E-state index contributed by atoms with van der Waals surface area (Å²) in [7, 11) is 0. The van der Waals surface area contributed by atoms with E-state index in [2.05, 4.69) is 32.2 Å². The number of carbonyl (C=O) groups excluding carboxylic acids is 1. The second-order valence-electron chi connectivity index (χ2n) is 7.87. The van der Waals surface area contributed by atoms with E-state index in [1.165, 1.54) is 5.57 Å². The van der Waals surface area contributed by atoms with E-state index < -0.39 is 0 Å². The third-order valence-corrected chi connectivity index (χ3v) is 5.95. The van der Waals surface area contributed by atoms with Crippen molar-refractivity contribution in [1.82, 2.24) is 5.32 Å². The summed E-state index contributed by atoms with van der Waals surface area (Å²) in [5.41, 5.74) is 1.12. The van der Waals surface area contributed by atoms with Gasteiger partial charge in [0.05, 0.1) is 12.9 Å². The van der Waals surface area contributed by atoms with E-state index in [0.29, 0.717) is 19.1 Å². The van der Waals surface area contributed by atoms with Crippen LogP contribution >= 0.6 is 0 Å². The third kappa shape index (κ3) is 3.22. The van der Waals surface area contributed by atoms with Crippen LogP contribution in [0.25, 0.3) is 0 Å². The SMILES string of the molecule is CC1=C[C@@H](C)[C@@]2(COC(=O)NC(C)C)CO[C@@H](c3ccco3)[C@@H]1[C@H]2C. The smallest absolute Gasteiger partial charge is 0.407 e. The summed E-state index contributed by atoms with van der Waals surface area (Å²) in [6.07, 6.45) is 3.56. The van der Waals surface area contributed by atoms with Crippen LogP contribution in [0.4, 0.5) is 4.79 Å². The summed E-state index contributed by atoms with van der Waals surface area (Å²) in [5.74, 6) is 1.70. The van der Waals surface area contributed by atoms with Crippen LogP contribution in [0, 0.1) is 23.2 Å². The molecule has 5 nitrogen and oxygen atoms in total. The number of rotatable bonds is 4.